The molecule has 0 aliphatic carbocycles. The fraction of sp³-hybridized carbons (Fsp3) is 0.423. The smallest absolute Gasteiger partial charge is 0.338 e. The number of carbonyl (C=O) groups excluding carboxylic acids is 3. The molecule has 7 nitrogen and oxygen atoms in total. The number of rotatable bonds is 7. The lowest BCUT2D eigenvalue weighted by Gasteiger charge is -2.20. The van der Waals surface area contributed by atoms with E-state index in [-0.39, 0.29) is 30.1 Å². The monoisotopic (exact) mass is 449 g/mol. The lowest BCUT2D eigenvalue weighted by molar-refractivity contribution is -0.122. The summed E-state index contributed by atoms with van der Waals surface area (Å²) < 4.78 is 5.22. The third-order valence-corrected chi connectivity index (χ3v) is 6.06. The van der Waals surface area contributed by atoms with Gasteiger partial charge in [-0.1, -0.05) is 13.8 Å². The molecule has 0 aromatic heterocycles. The summed E-state index contributed by atoms with van der Waals surface area (Å²) in [6, 6.07) is 14.6. The van der Waals surface area contributed by atoms with Gasteiger partial charge in [-0.05, 0) is 67.3 Å². The molecule has 7 heteroatoms. The van der Waals surface area contributed by atoms with Gasteiger partial charge in [-0.3, -0.25) is 9.59 Å². The van der Waals surface area contributed by atoms with Crippen molar-refractivity contribution in [3.8, 4) is 0 Å². The molecule has 2 amide bonds. The summed E-state index contributed by atoms with van der Waals surface area (Å²) in [5.74, 6) is -0.785. The summed E-state index contributed by atoms with van der Waals surface area (Å²) >= 11 is 0. The molecule has 1 unspecified atom stereocenters. The molecule has 1 N–H and O–H groups in total. The average molecular weight is 450 g/mol. The zero-order valence-electron chi connectivity index (χ0n) is 19.3. The lowest BCUT2D eigenvalue weighted by Crippen LogP contribution is -2.28. The van der Waals surface area contributed by atoms with Crippen molar-refractivity contribution in [2.24, 2.45) is 11.8 Å². The average Bonchev–Trinajstić information content (AvgIpc) is 3.48. The third kappa shape index (κ3) is 5.53. The molecule has 0 saturated carbocycles. The van der Waals surface area contributed by atoms with Crippen LogP contribution in [0, 0.1) is 11.8 Å². The predicted octanol–water partition coefficient (Wildman–Crippen LogP) is 4.09. The van der Waals surface area contributed by atoms with Crippen molar-refractivity contribution < 1.29 is 19.1 Å². The van der Waals surface area contributed by atoms with E-state index < -0.39 is 5.92 Å². The van der Waals surface area contributed by atoms with Crippen LogP contribution in [-0.4, -0.2) is 44.0 Å². The number of anilines is 3. The predicted molar refractivity (Wildman–Crippen MR) is 129 cm³/mol. The van der Waals surface area contributed by atoms with Crippen LogP contribution in [0.25, 0.3) is 0 Å². The van der Waals surface area contributed by atoms with E-state index in [1.54, 1.807) is 29.2 Å². The Balaban J connectivity index is 1.33. The SMILES string of the molecule is CC(C)COC(=O)c1ccc(NC(=O)C2CC(=O)N(c3ccc(N4CCCC4)cc3)C2)cc1. The van der Waals surface area contributed by atoms with Crippen LogP contribution in [0.2, 0.25) is 0 Å². The molecule has 2 heterocycles. The van der Waals surface area contributed by atoms with Crippen LogP contribution in [0.15, 0.2) is 48.5 Å². The number of nitrogens with zero attached hydrogens (tertiary/aromatic N) is 2. The zero-order valence-corrected chi connectivity index (χ0v) is 19.3. The first-order valence-electron chi connectivity index (χ1n) is 11.6. The molecule has 2 saturated heterocycles. The van der Waals surface area contributed by atoms with E-state index in [1.807, 2.05) is 26.0 Å². The Morgan fingerprint density at radius 2 is 1.64 bits per heavy atom. The first kappa shape index (κ1) is 22.8. The van der Waals surface area contributed by atoms with Crippen molar-refractivity contribution in [2.45, 2.75) is 33.1 Å². The Morgan fingerprint density at radius 3 is 2.27 bits per heavy atom. The van der Waals surface area contributed by atoms with Crippen LogP contribution >= 0.6 is 0 Å². The second kappa shape index (κ2) is 10.1. The topological polar surface area (TPSA) is 78.9 Å². The van der Waals surface area contributed by atoms with E-state index in [4.69, 9.17) is 4.74 Å². The van der Waals surface area contributed by atoms with E-state index in [1.165, 1.54) is 18.5 Å². The Hall–Kier alpha value is -3.35. The van der Waals surface area contributed by atoms with Crippen molar-refractivity contribution in [3.63, 3.8) is 0 Å². The van der Waals surface area contributed by atoms with Gasteiger partial charge in [0.05, 0.1) is 18.1 Å². The first-order chi connectivity index (χ1) is 15.9. The molecule has 174 valence electrons. The van der Waals surface area contributed by atoms with E-state index in [0.717, 1.165) is 18.8 Å². The largest absolute Gasteiger partial charge is 0.462 e. The summed E-state index contributed by atoms with van der Waals surface area (Å²) in [6.07, 6.45) is 2.61. The number of hydrogen-bond acceptors (Lipinski definition) is 5. The normalized spacial score (nSPS) is 18.2. The standard InChI is InChI=1S/C26H31N3O4/c1-18(2)17-33-26(32)19-5-7-21(8-6-19)27-25(31)20-15-24(30)29(16-20)23-11-9-22(10-12-23)28-13-3-4-14-28/h5-12,18,20H,3-4,13-17H2,1-2H3,(H,27,31). The third-order valence-electron chi connectivity index (χ3n) is 6.06. The Morgan fingerprint density at radius 1 is 1.00 bits per heavy atom. The maximum absolute atomic E-state index is 12.8. The molecule has 0 radical (unpaired) electrons. The van der Waals surface area contributed by atoms with Crippen LogP contribution in [-0.2, 0) is 14.3 Å². The molecule has 2 aromatic carbocycles. The molecule has 2 fully saturated rings. The number of carbonyl (C=O) groups is 3. The summed E-state index contributed by atoms with van der Waals surface area (Å²) in [5.41, 5.74) is 3.02. The summed E-state index contributed by atoms with van der Waals surface area (Å²) in [4.78, 5) is 41.4. The van der Waals surface area contributed by atoms with Crippen LogP contribution in [0.5, 0.6) is 0 Å². The van der Waals surface area contributed by atoms with Gasteiger partial charge in [-0.25, -0.2) is 4.79 Å². The molecule has 0 spiro atoms. The molecular formula is C26H31N3O4. The fourth-order valence-electron chi connectivity index (χ4n) is 4.21. The number of benzene rings is 2. The number of amides is 2. The van der Waals surface area contributed by atoms with Gasteiger partial charge in [0.2, 0.25) is 11.8 Å². The molecule has 2 aliphatic heterocycles. The van der Waals surface area contributed by atoms with E-state index in [2.05, 4.69) is 22.3 Å². The minimum absolute atomic E-state index is 0.0488. The van der Waals surface area contributed by atoms with Crippen LogP contribution < -0.4 is 15.1 Å². The zero-order chi connectivity index (χ0) is 23.4. The molecule has 33 heavy (non-hydrogen) atoms. The summed E-state index contributed by atoms with van der Waals surface area (Å²) in [5, 5.41) is 2.86. The van der Waals surface area contributed by atoms with Crippen molar-refractivity contribution in [1.82, 2.24) is 0 Å². The highest BCUT2D eigenvalue weighted by atomic mass is 16.5. The maximum Gasteiger partial charge on any atom is 0.338 e. The molecule has 2 aliphatic rings. The Bertz CT molecular complexity index is 995. The van der Waals surface area contributed by atoms with Crippen molar-refractivity contribution in [2.75, 3.05) is 41.4 Å². The van der Waals surface area contributed by atoms with Crippen LogP contribution in [0.3, 0.4) is 0 Å². The van der Waals surface area contributed by atoms with Gasteiger partial charge >= 0.3 is 5.97 Å². The van der Waals surface area contributed by atoms with Crippen LogP contribution in [0.4, 0.5) is 17.1 Å². The lowest BCUT2D eigenvalue weighted by atomic mass is 10.1. The quantitative estimate of drug-likeness (QED) is 0.644. The summed E-state index contributed by atoms with van der Waals surface area (Å²) in [7, 11) is 0. The minimum Gasteiger partial charge on any atom is -0.462 e. The van der Waals surface area contributed by atoms with E-state index >= 15 is 0 Å². The fourth-order valence-corrected chi connectivity index (χ4v) is 4.21. The van der Waals surface area contributed by atoms with Gasteiger partial charge in [0.25, 0.3) is 0 Å². The van der Waals surface area contributed by atoms with E-state index in [9.17, 15) is 14.4 Å². The number of esters is 1. The Labute approximate surface area is 194 Å². The second-order valence-electron chi connectivity index (χ2n) is 9.17. The van der Waals surface area contributed by atoms with Gasteiger partial charge < -0.3 is 19.9 Å². The molecule has 2 aromatic rings. The highest BCUT2D eigenvalue weighted by Crippen LogP contribution is 2.29. The molecule has 1 atom stereocenters. The van der Waals surface area contributed by atoms with E-state index in [0.29, 0.717) is 24.4 Å². The molecular weight excluding hydrogens is 418 g/mol. The number of hydrogen-bond donors (Lipinski definition) is 1. The number of ether oxygens (including phenoxy) is 1. The maximum atomic E-state index is 12.8. The minimum atomic E-state index is -0.425. The molecule has 0 bridgehead atoms. The van der Waals surface area contributed by atoms with Gasteiger partial charge in [0, 0.05) is 43.1 Å². The van der Waals surface area contributed by atoms with Crippen molar-refractivity contribution >= 4 is 34.8 Å². The highest BCUT2D eigenvalue weighted by Gasteiger charge is 2.35. The van der Waals surface area contributed by atoms with Crippen molar-refractivity contribution in [3.05, 3.63) is 54.1 Å². The van der Waals surface area contributed by atoms with Crippen molar-refractivity contribution in [1.29, 1.82) is 0 Å². The van der Waals surface area contributed by atoms with Gasteiger partial charge in [-0.15, -0.1) is 0 Å². The first-order valence-corrected chi connectivity index (χ1v) is 11.6. The van der Waals surface area contributed by atoms with Gasteiger partial charge in [0.15, 0.2) is 0 Å². The van der Waals surface area contributed by atoms with Crippen LogP contribution in [0.1, 0.15) is 43.5 Å². The number of nitrogens with one attached hydrogen (secondary N) is 1. The highest BCUT2D eigenvalue weighted by molar-refractivity contribution is 6.03. The van der Waals surface area contributed by atoms with Gasteiger partial charge in [0.1, 0.15) is 0 Å². The molecule has 4 rings (SSSR count). The Kier molecular flexibility index (Phi) is 6.96. The van der Waals surface area contributed by atoms with Gasteiger partial charge in [-0.2, -0.15) is 0 Å². The summed E-state index contributed by atoms with van der Waals surface area (Å²) in [6.45, 7) is 6.82. The second-order valence-corrected chi connectivity index (χ2v) is 9.17.